The van der Waals surface area contributed by atoms with Crippen LogP contribution in [0, 0.1) is 5.82 Å². The Morgan fingerprint density at radius 3 is 2.72 bits per heavy atom. The van der Waals surface area contributed by atoms with E-state index in [0.717, 1.165) is 12.1 Å². The van der Waals surface area contributed by atoms with E-state index in [-0.39, 0.29) is 11.9 Å². The Kier molecular flexibility index (Phi) is 4.72. The van der Waals surface area contributed by atoms with Gasteiger partial charge in [0.25, 0.3) is 0 Å². The summed E-state index contributed by atoms with van der Waals surface area (Å²) in [5, 5.41) is 0. The first-order valence-corrected chi connectivity index (χ1v) is 6.88. The van der Waals surface area contributed by atoms with Crippen molar-refractivity contribution in [2.24, 2.45) is 5.73 Å². The van der Waals surface area contributed by atoms with Crippen LogP contribution in [0.25, 0.3) is 0 Å². The molecule has 2 rings (SSSR count). The van der Waals surface area contributed by atoms with Crippen molar-refractivity contribution in [3.05, 3.63) is 35.6 Å². The molecule has 1 fully saturated rings. The SMILES string of the molecule is CN(CC(N)c1cccc(F)c1)C1CCCCC1. The second kappa shape index (κ2) is 6.30. The number of halogens is 1. The smallest absolute Gasteiger partial charge is 0.123 e. The van der Waals surface area contributed by atoms with Gasteiger partial charge < -0.3 is 10.6 Å². The predicted molar refractivity (Wildman–Crippen MR) is 72.8 cm³/mol. The van der Waals surface area contributed by atoms with Gasteiger partial charge in [-0.15, -0.1) is 0 Å². The standard InChI is InChI=1S/C15H23FN2/c1-18(14-8-3-2-4-9-14)11-15(17)12-6-5-7-13(16)10-12/h5-7,10,14-15H,2-4,8-9,11,17H2,1H3. The Labute approximate surface area is 109 Å². The number of nitrogens with two attached hydrogens (primary N) is 1. The second-order valence-corrected chi connectivity index (χ2v) is 5.39. The third-order valence-corrected chi connectivity index (χ3v) is 3.96. The molecule has 2 nitrogen and oxygen atoms in total. The fraction of sp³-hybridized carbons (Fsp3) is 0.600. The van der Waals surface area contributed by atoms with Gasteiger partial charge >= 0.3 is 0 Å². The summed E-state index contributed by atoms with van der Waals surface area (Å²) in [4.78, 5) is 2.34. The molecule has 1 aliphatic carbocycles. The molecule has 0 saturated heterocycles. The lowest BCUT2D eigenvalue weighted by molar-refractivity contribution is 0.182. The molecule has 0 heterocycles. The highest BCUT2D eigenvalue weighted by Gasteiger charge is 2.20. The van der Waals surface area contributed by atoms with E-state index in [1.807, 2.05) is 6.07 Å². The minimum absolute atomic E-state index is 0.104. The van der Waals surface area contributed by atoms with Crippen LogP contribution in [0.5, 0.6) is 0 Å². The van der Waals surface area contributed by atoms with E-state index in [4.69, 9.17) is 5.73 Å². The quantitative estimate of drug-likeness (QED) is 0.889. The van der Waals surface area contributed by atoms with Crippen molar-refractivity contribution in [2.45, 2.75) is 44.2 Å². The zero-order valence-electron chi connectivity index (χ0n) is 11.1. The highest BCUT2D eigenvalue weighted by atomic mass is 19.1. The Morgan fingerprint density at radius 1 is 1.33 bits per heavy atom. The van der Waals surface area contributed by atoms with E-state index in [1.165, 1.54) is 38.2 Å². The number of hydrogen-bond donors (Lipinski definition) is 1. The van der Waals surface area contributed by atoms with Crippen LogP contribution in [-0.2, 0) is 0 Å². The molecular weight excluding hydrogens is 227 g/mol. The van der Waals surface area contributed by atoms with Crippen molar-refractivity contribution < 1.29 is 4.39 Å². The molecule has 3 heteroatoms. The number of nitrogens with zero attached hydrogens (tertiary/aromatic N) is 1. The molecule has 100 valence electrons. The van der Waals surface area contributed by atoms with Gasteiger partial charge in [-0.2, -0.15) is 0 Å². The predicted octanol–water partition coefficient (Wildman–Crippen LogP) is 3.09. The zero-order chi connectivity index (χ0) is 13.0. The maximum Gasteiger partial charge on any atom is 0.123 e. The molecule has 0 radical (unpaired) electrons. The van der Waals surface area contributed by atoms with Crippen LogP contribution in [0.2, 0.25) is 0 Å². The molecule has 1 unspecified atom stereocenters. The maximum absolute atomic E-state index is 13.2. The van der Waals surface area contributed by atoms with E-state index in [9.17, 15) is 4.39 Å². The monoisotopic (exact) mass is 250 g/mol. The average molecular weight is 250 g/mol. The van der Waals surface area contributed by atoms with E-state index in [1.54, 1.807) is 12.1 Å². The van der Waals surface area contributed by atoms with Crippen LogP contribution >= 0.6 is 0 Å². The first-order valence-electron chi connectivity index (χ1n) is 6.88. The Bertz CT molecular complexity index is 375. The zero-order valence-corrected chi connectivity index (χ0v) is 11.1. The molecule has 0 aromatic heterocycles. The van der Waals surface area contributed by atoms with Crippen LogP contribution in [0.4, 0.5) is 4.39 Å². The first kappa shape index (κ1) is 13.5. The number of likely N-dealkylation sites (N-methyl/N-ethyl adjacent to an activating group) is 1. The van der Waals surface area contributed by atoms with Crippen molar-refractivity contribution in [1.82, 2.24) is 4.90 Å². The third-order valence-electron chi connectivity index (χ3n) is 3.96. The normalized spacial score (nSPS) is 19.1. The second-order valence-electron chi connectivity index (χ2n) is 5.39. The molecule has 0 amide bonds. The molecule has 1 saturated carbocycles. The van der Waals surface area contributed by atoms with E-state index < -0.39 is 0 Å². The fourth-order valence-electron chi connectivity index (χ4n) is 2.82. The van der Waals surface area contributed by atoms with Gasteiger partial charge in [0.1, 0.15) is 5.82 Å². The summed E-state index contributed by atoms with van der Waals surface area (Å²) >= 11 is 0. The van der Waals surface area contributed by atoms with E-state index in [2.05, 4.69) is 11.9 Å². The summed E-state index contributed by atoms with van der Waals surface area (Å²) in [6.45, 7) is 0.800. The highest BCUT2D eigenvalue weighted by Crippen LogP contribution is 2.23. The highest BCUT2D eigenvalue weighted by molar-refractivity contribution is 5.20. The molecule has 0 aliphatic heterocycles. The van der Waals surface area contributed by atoms with Crippen LogP contribution in [0.1, 0.15) is 43.7 Å². The topological polar surface area (TPSA) is 29.3 Å². The molecule has 18 heavy (non-hydrogen) atoms. The van der Waals surface area contributed by atoms with Crippen LogP contribution < -0.4 is 5.73 Å². The maximum atomic E-state index is 13.2. The fourth-order valence-corrected chi connectivity index (χ4v) is 2.82. The van der Waals surface area contributed by atoms with Crippen LogP contribution in [-0.4, -0.2) is 24.5 Å². The lowest BCUT2D eigenvalue weighted by Gasteiger charge is -2.32. The molecular formula is C15H23FN2. The summed E-state index contributed by atoms with van der Waals surface area (Å²) in [7, 11) is 2.13. The van der Waals surface area contributed by atoms with Gasteiger partial charge in [0, 0.05) is 18.6 Å². The third kappa shape index (κ3) is 3.53. The Hall–Kier alpha value is -0.930. The largest absolute Gasteiger partial charge is 0.323 e. The molecule has 2 N–H and O–H groups in total. The summed E-state index contributed by atoms with van der Waals surface area (Å²) < 4.78 is 13.2. The van der Waals surface area contributed by atoms with Gasteiger partial charge in [0.05, 0.1) is 0 Å². The van der Waals surface area contributed by atoms with E-state index >= 15 is 0 Å². The first-order chi connectivity index (χ1) is 8.66. The van der Waals surface area contributed by atoms with Gasteiger partial charge in [-0.3, -0.25) is 0 Å². The van der Waals surface area contributed by atoms with Crippen molar-refractivity contribution >= 4 is 0 Å². The average Bonchev–Trinajstić information content (AvgIpc) is 2.39. The Balaban J connectivity index is 1.91. The number of rotatable bonds is 4. The van der Waals surface area contributed by atoms with Gasteiger partial charge in [-0.1, -0.05) is 31.4 Å². The lowest BCUT2D eigenvalue weighted by atomic mass is 9.94. The van der Waals surface area contributed by atoms with Crippen molar-refractivity contribution in [2.75, 3.05) is 13.6 Å². The molecule has 1 aromatic rings. The van der Waals surface area contributed by atoms with Gasteiger partial charge in [0.2, 0.25) is 0 Å². The molecule has 0 spiro atoms. The molecule has 1 atom stereocenters. The molecule has 0 bridgehead atoms. The molecule has 1 aliphatic rings. The number of hydrogen-bond acceptors (Lipinski definition) is 2. The van der Waals surface area contributed by atoms with Crippen molar-refractivity contribution in [1.29, 1.82) is 0 Å². The Morgan fingerprint density at radius 2 is 2.06 bits per heavy atom. The minimum Gasteiger partial charge on any atom is -0.323 e. The van der Waals surface area contributed by atoms with Gasteiger partial charge in [-0.25, -0.2) is 4.39 Å². The molecule has 1 aromatic carbocycles. The van der Waals surface area contributed by atoms with Crippen LogP contribution in [0.15, 0.2) is 24.3 Å². The minimum atomic E-state index is -0.205. The summed E-state index contributed by atoms with van der Waals surface area (Å²) in [5.74, 6) is -0.205. The lowest BCUT2D eigenvalue weighted by Crippen LogP contribution is -2.38. The van der Waals surface area contributed by atoms with Gasteiger partial charge in [0.15, 0.2) is 0 Å². The van der Waals surface area contributed by atoms with Crippen molar-refractivity contribution in [3.63, 3.8) is 0 Å². The summed E-state index contributed by atoms with van der Waals surface area (Å²) in [6.07, 6.45) is 6.55. The van der Waals surface area contributed by atoms with Crippen LogP contribution in [0.3, 0.4) is 0 Å². The van der Waals surface area contributed by atoms with Gasteiger partial charge in [-0.05, 0) is 37.6 Å². The summed E-state index contributed by atoms with van der Waals surface area (Å²) in [5.41, 5.74) is 7.05. The van der Waals surface area contributed by atoms with E-state index in [0.29, 0.717) is 6.04 Å². The summed E-state index contributed by atoms with van der Waals surface area (Å²) in [6, 6.07) is 7.18. The number of benzene rings is 1. The van der Waals surface area contributed by atoms with Crippen molar-refractivity contribution in [3.8, 4) is 0 Å².